The van der Waals surface area contributed by atoms with E-state index < -0.39 is 0 Å². The second-order valence-corrected chi connectivity index (χ2v) is 3.99. The lowest BCUT2D eigenvalue weighted by Gasteiger charge is -2.03. The molecule has 1 aromatic heterocycles. The highest BCUT2D eigenvalue weighted by molar-refractivity contribution is 7.13. The van der Waals surface area contributed by atoms with Crippen LogP contribution >= 0.6 is 11.3 Å². The molecule has 1 rings (SSSR count). The van der Waals surface area contributed by atoms with E-state index in [-0.39, 0.29) is 11.8 Å². The molecule has 1 aromatic rings. The highest BCUT2D eigenvalue weighted by Crippen LogP contribution is 2.13. The summed E-state index contributed by atoms with van der Waals surface area (Å²) in [6.07, 6.45) is 0.352. The Balaban J connectivity index is 2.27. The zero-order valence-electron chi connectivity index (χ0n) is 8.66. The summed E-state index contributed by atoms with van der Waals surface area (Å²) in [6.45, 7) is 3.70. The van der Waals surface area contributed by atoms with Crippen LogP contribution in [0.5, 0.6) is 0 Å². The molecule has 5 nitrogen and oxygen atoms in total. The van der Waals surface area contributed by atoms with E-state index >= 15 is 0 Å². The zero-order chi connectivity index (χ0) is 11.3. The number of urea groups is 1. The van der Waals surface area contributed by atoms with E-state index in [0.29, 0.717) is 18.1 Å². The van der Waals surface area contributed by atoms with Gasteiger partial charge in [0.1, 0.15) is 5.78 Å². The summed E-state index contributed by atoms with van der Waals surface area (Å²) >= 11 is 1.37. The van der Waals surface area contributed by atoms with Crippen LogP contribution in [0.1, 0.15) is 19.0 Å². The average molecular weight is 227 g/mol. The van der Waals surface area contributed by atoms with Crippen molar-refractivity contribution in [3.63, 3.8) is 0 Å². The van der Waals surface area contributed by atoms with Crippen LogP contribution in [0.3, 0.4) is 0 Å². The average Bonchev–Trinajstić information content (AvgIpc) is 2.50. The lowest BCUT2D eigenvalue weighted by atomic mass is 10.3. The maximum absolute atomic E-state index is 11.2. The number of carbonyl (C=O) groups excluding carboxylic acids is 2. The molecule has 0 saturated carbocycles. The maximum Gasteiger partial charge on any atom is 0.321 e. The van der Waals surface area contributed by atoms with E-state index in [1.165, 1.54) is 18.3 Å². The number of nitrogens with zero attached hydrogens (tertiary/aromatic N) is 1. The van der Waals surface area contributed by atoms with Crippen molar-refractivity contribution in [2.45, 2.75) is 20.3 Å². The van der Waals surface area contributed by atoms with Gasteiger partial charge in [-0.2, -0.15) is 0 Å². The molecular formula is C9H13N3O2S. The molecule has 0 unspecified atom stereocenters. The molecule has 2 amide bonds. The van der Waals surface area contributed by atoms with Crippen molar-refractivity contribution < 1.29 is 9.59 Å². The Hall–Kier alpha value is -1.43. The van der Waals surface area contributed by atoms with Crippen LogP contribution in [-0.4, -0.2) is 23.3 Å². The van der Waals surface area contributed by atoms with Crippen LogP contribution < -0.4 is 10.6 Å². The molecule has 6 heteroatoms. The molecule has 82 valence electrons. The van der Waals surface area contributed by atoms with Gasteiger partial charge < -0.3 is 5.32 Å². The number of carbonyl (C=O) groups is 2. The van der Waals surface area contributed by atoms with E-state index in [0.717, 1.165) is 5.69 Å². The van der Waals surface area contributed by atoms with E-state index in [4.69, 9.17) is 0 Å². The minimum atomic E-state index is -0.328. The van der Waals surface area contributed by atoms with Crippen LogP contribution in [0.4, 0.5) is 9.93 Å². The predicted octanol–water partition coefficient (Wildman–Crippen LogP) is 1.55. The number of nitrogens with one attached hydrogen (secondary N) is 2. The molecule has 0 spiro atoms. The van der Waals surface area contributed by atoms with Crippen molar-refractivity contribution in [1.29, 1.82) is 0 Å². The predicted molar refractivity (Wildman–Crippen MR) is 59.2 cm³/mol. The van der Waals surface area contributed by atoms with Crippen molar-refractivity contribution in [2.75, 3.05) is 11.9 Å². The van der Waals surface area contributed by atoms with E-state index in [2.05, 4.69) is 15.6 Å². The van der Waals surface area contributed by atoms with Crippen molar-refractivity contribution in [2.24, 2.45) is 0 Å². The number of Topliss-reactive ketones (excluding diaryl/α,β-unsaturated/α-hetero) is 1. The third kappa shape index (κ3) is 4.55. The standard InChI is InChI=1S/C9H13N3O2S/c1-6-5-15-9(11-6)12-8(14)10-4-3-7(2)13/h5H,3-4H2,1-2H3,(H2,10,11,12,14). The summed E-state index contributed by atoms with van der Waals surface area (Å²) in [4.78, 5) is 25.9. The van der Waals surface area contributed by atoms with Crippen LogP contribution in [0.15, 0.2) is 5.38 Å². The maximum atomic E-state index is 11.2. The Kier molecular flexibility index (Phi) is 4.23. The fourth-order valence-corrected chi connectivity index (χ4v) is 1.59. The molecule has 0 aromatic carbocycles. The zero-order valence-corrected chi connectivity index (χ0v) is 9.48. The summed E-state index contributed by atoms with van der Waals surface area (Å²) in [5.41, 5.74) is 0.874. The van der Waals surface area contributed by atoms with Gasteiger partial charge in [0.2, 0.25) is 0 Å². The second-order valence-electron chi connectivity index (χ2n) is 3.13. The van der Waals surface area contributed by atoms with E-state index in [1.54, 1.807) is 0 Å². The molecule has 2 N–H and O–H groups in total. The number of hydrogen-bond acceptors (Lipinski definition) is 4. The van der Waals surface area contributed by atoms with Gasteiger partial charge in [0.05, 0.1) is 5.69 Å². The monoisotopic (exact) mass is 227 g/mol. The minimum Gasteiger partial charge on any atom is -0.337 e. The normalized spacial score (nSPS) is 9.73. The number of thiazole rings is 1. The Morgan fingerprint density at radius 1 is 1.53 bits per heavy atom. The molecule has 0 bridgehead atoms. The molecule has 0 aliphatic carbocycles. The summed E-state index contributed by atoms with van der Waals surface area (Å²) in [5.74, 6) is 0.0559. The third-order valence-electron chi connectivity index (χ3n) is 1.60. The molecule has 1 heterocycles. The van der Waals surface area contributed by atoms with Gasteiger partial charge in [-0.05, 0) is 13.8 Å². The van der Waals surface area contributed by atoms with Crippen molar-refractivity contribution in [3.05, 3.63) is 11.1 Å². The van der Waals surface area contributed by atoms with Crippen LogP contribution in [0.2, 0.25) is 0 Å². The fourth-order valence-electron chi connectivity index (χ4n) is 0.905. The summed E-state index contributed by atoms with van der Waals surface area (Å²) in [7, 11) is 0. The minimum absolute atomic E-state index is 0.0559. The van der Waals surface area contributed by atoms with Gasteiger partial charge in [-0.1, -0.05) is 0 Å². The first-order valence-corrected chi connectivity index (χ1v) is 5.42. The van der Waals surface area contributed by atoms with Gasteiger partial charge in [0.25, 0.3) is 0 Å². The molecule has 0 aliphatic rings. The van der Waals surface area contributed by atoms with E-state index in [9.17, 15) is 9.59 Å². The second kappa shape index (κ2) is 5.45. The number of anilines is 1. The summed E-state index contributed by atoms with van der Waals surface area (Å²) in [5, 5.41) is 7.57. The number of hydrogen-bond donors (Lipinski definition) is 2. The van der Waals surface area contributed by atoms with Crippen molar-refractivity contribution in [3.8, 4) is 0 Å². The molecule has 0 fully saturated rings. The van der Waals surface area contributed by atoms with Gasteiger partial charge in [0, 0.05) is 18.3 Å². The van der Waals surface area contributed by atoms with Gasteiger partial charge >= 0.3 is 6.03 Å². The fraction of sp³-hybridized carbons (Fsp3) is 0.444. The van der Waals surface area contributed by atoms with Crippen molar-refractivity contribution in [1.82, 2.24) is 10.3 Å². The molecular weight excluding hydrogens is 214 g/mol. The van der Waals surface area contributed by atoms with Crippen LogP contribution in [0.25, 0.3) is 0 Å². The quantitative estimate of drug-likeness (QED) is 0.819. The summed E-state index contributed by atoms with van der Waals surface area (Å²) in [6, 6.07) is -0.328. The van der Waals surface area contributed by atoms with Crippen molar-refractivity contribution >= 4 is 28.3 Å². The van der Waals surface area contributed by atoms with Crippen LogP contribution in [-0.2, 0) is 4.79 Å². The van der Waals surface area contributed by atoms with Gasteiger partial charge in [-0.25, -0.2) is 9.78 Å². The first kappa shape index (κ1) is 11.6. The topological polar surface area (TPSA) is 71.1 Å². The lowest BCUT2D eigenvalue weighted by Crippen LogP contribution is -2.30. The smallest absolute Gasteiger partial charge is 0.321 e. The lowest BCUT2D eigenvalue weighted by molar-refractivity contribution is -0.116. The number of aromatic nitrogens is 1. The van der Waals surface area contributed by atoms with Gasteiger partial charge in [0.15, 0.2) is 5.13 Å². The first-order valence-electron chi connectivity index (χ1n) is 4.54. The highest BCUT2D eigenvalue weighted by atomic mass is 32.1. The SMILES string of the molecule is CC(=O)CCNC(=O)Nc1nc(C)cs1. The number of ketones is 1. The Bertz CT molecular complexity index is 362. The molecule has 0 aliphatic heterocycles. The highest BCUT2D eigenvalue weighted by Gasteiger charge is 2.04. The molecule has 0 atom stereocenters. The largest absolute Gasteiger partial charge is 0.337 e. The number of amides is 2. The molecule has 15 heavy (non-hydrogen) atoms. The van der Waals surface area contributed by atoms with Crippen LogP contribution in [0, 0.1) is 6.92 Å². The van der Waals surface area contributed by atoms with Gasteiger partial charge in [-0.15, -0.1) is 11.3 Å². The number of rotatable bonds is 4. The Morgan fingerprint density at radius 2 is 2.27 bits per heavy atom. The Morgan fingerprint density at radius 3 is 2.80 bits per heavy atom. The molecule has 0 saturated heterocycles. The summed E-state index contributed by atoms with van der Waals surface area (Å²) < 4.78 is 0. The van der Waals surface area contributed by atoms with Gasteiger partial charge in [-0.3, -0.25) is 10.1 Å². The molecule has 0 radical (unpaired) electrons. The number of aryl methyl sites for hydroxylation is 1. The van der Waals surface area contributed by atoms with E-state index in [1.807, 2.05) is 12.3 Å². The first-order chi connectivity index (χ1) is 7.08. The Labute approximate surface area is 91.9 Å². The third-order valence-corrected chi connectivity index (χ3v) is 2.48.